The minimum absolute atomic E-state index is 0.0000954. The van der Waals surface area contributed by atoms with Crippen LogP contribution in [0.15, 0.2) is 53.4 Å². The van der Waals surface area contributed by atoms with Gasteiger partial charge in [-0.05, 0) is 47.9 Å². The molecule has 0 aromatic heterocycles. The molecule has 0 radical (unpaired) electrons. The van der Waals surface area contributed by atoms with Crippen LogP contribution in [-0.2, 0) is 10.1 Å². The van der Waals surface area contributed by atoms with Crippen molar-refractivity contribution >= 4 is 16.0 Å². The summed E-state index contributed by atoms with van der Waals surface area (Å²) >= 11 is 0. The Balaban J connectivity index is 2.25. The second-order valence-electron chi connectivity index (χ2n) is 5.37. The molecule has 0 bridgehead atoms. The minimum Gasteiger partial charge on any atom is -0.379 e. The van der Waals surface area contributed by atoms with Gasteiger partial charge < -0.3 is 9.50 Å². The molecular weight excluding hydrogens is 314 g/mol. The molecular formula is C17H19NO4S. The largest absolute Gasteiger partial charge is 0.379 e. The Kier molecular flexibility index (Phi) is 5.05. The van der Waals surface area contributed by atoms with Crippen molar-refractivity contribution in [1.29, 1.82) is 0 Å². The second-order valence-corrected chi connectivity index (χ2v) is 6.91. The van der Waals surface area contributed by atoms with Gasteiger partial charge in [0.2, 0.25) is 0 Å². The fraction of sp³-hybridized carbons (Fsp3) is 0.235. The molecule has 2 rings (SSSR count). The summed E-state index contributed by atoms with van der Waals surface area (Å²) < 4.78 is 29.8. The van der Waals surface area contributed by atoms with Crippen molar-refractivity contribution in [3.8, 4) is 5.75 Å². The number of benzene rings is 2. The van der Waals surface area contributed by atoms with Gasteiger partial charge in [0.1, 0.15) is 10.6 Å². The zero-order valence-corrected chi connectivity index (χ0v) is 14.1. The molecule has 1 amide bonds. The summed E-state index contributed by atoms with van der Waals surface area (Å²) in [5, 5.41) is 2.48. The zero-order chi connectivity index (χ0) is 17.0. The number of hydrogen-bond donors (Lipinski definition) is 1. The highest BCUT2D eigenvalue weighted by molar-refractivity contribution is 7.87. The summed E-state index contributed by atoms with van der Waals surface area (Å²) in [5.41, 5.74) is 1.38. The predicted molar refractivity (Wildman–Crippen MR) is 88.2 cm³/mol. The molecule has 0 aliphatic heterocycles. The molecule has 6 heteroatoms. The topological polar surface area (TPSA) is 72.5 Å². The van der Waals surface area contributed by atoms with Crippen LogP contribution in [0.2, 0.25) is 0 Å². The maximum absolute atomic E-state index is 12.3. The smallest absolute Gasteiger partial charge is 0.339 e. The lowest BCUT2D eigenvalue weighted by atomic mass is 10.0. The van der Waals surface area contributed by atoms with Gasteiger partial charge in [-0.1, -0.05) is 26.0 Å². The molecule has 0 heterocycles. The van der Waals surface area contributed by atoms with Crippen LogP contribution in [0.25, 0.3) is 0 Å². The van der Waals surface area contributed by atoms with E-state index in [1.54, 1.807) is 18.2 Å². The lowest BCUT2D eigenvalue weighted by Gasteiger charge is -2.10. The highest BCUT2D eigenvalue weighted by atomic mass is 32.2. The third-order valence-corrected chi connectivity index (χ3v) is 4.62. The van der Waals surface area contributed by atoms with E-state index in [4.69, 9.17) is 4.18 Å². The van der Waals surface area contributed by atoms with Crippen molar-refractivity contribution < 1.29 is 17.4 Å². The average Bonchev–Trinajstić information content (AvgIpc) is 2.54. The van der Waals surface area contributed by atoms with Crippen molar-refractivity contribution in [3.63, 3.8) is 0 Å². The number of carbonyl (C=O) groups excluding carboxylic acids is 1. The lowest BCUT2D eigenvalue weighted by Crippen LogP contribution is -2.18. The predicted octanol–water partition coefficient (Wildman–Crippen LogP) is 2.94. The van der Waals surface area contributed by atoms with Gasteiger partial charge in [-0.3, -0.25) is 4.79 Å². The molecule has 0 fully saturated rings. The summed E-state index contributed by atoms with van der Waals surface area (Å²) in [5.74, 6) is 0.263. The molecule has 0 unspecified atom stereocenters. The molecule has 0 atom stereocenters. The minimum atomic E-state index is -3.94. The van der Waals surface area contributed by atoms with Crippen LogP contribution < -0.4 is 9.50 Å². The molecule has 0 spiro atoms. The van der Waals surface area contributed by atoms with Crippen LogP contribution in [0.5, 0.6) is 5.75 Å². The second kappa shape index (κ2) is 6.83. The zero-order valence-electron chi connectivity index (χ0n) is 13.2. The van der Waals surface area contributed by atoms with Gasteiger partial charge in [0.15, 0.2) is 0 Å². The van der Waals surface area contributed by atoms with Gasteiger partial charge in [0, 0.05) is 12.6 Å². The van der Waals surface area contributed by atoms with Gasteiger partial charge >= 0.3 is 10.1 Å². The molecule has 122 valence electrons. The van der Waals surface area contributed by atoms with Gasteiger partial charge in [0.05, 0.1) is 0 Å². The first-order valence-electron chi connectivity index (χ1n) is 7.20. The van der Waals surface area contributed by atoms with Crippen molar-refractivity contribution in [1.82, 2.24) is 5.32 Å². The van der Waals surface area contributed by atoms with Crippen LogP contribution in [0.3, 0.4) is 0 Å². The molecule has 0 aliphatic rings. The van der Waals surface area contributed by atoms with E-state index in [9.17, 15) is 13.2 Å². The Morgan fingerprint density at radius 3 is 2.30 bits per heavy atom. The molecule has 5 nitrogen and oxygen atoms in total. The van der Waals surface area contributed by atoms with Crippen molar-refractivity contribution in [3.05, 3.63) is 59.7 Å². The SMILES string of the molecule is CNC(=O)c1ccc(S(=O)(=O)Oc2cccc(C(C)C)c2)cc1. The Morgan fingerprint density at radius 2 is 1.74 bits per heavy atom. The number of rotatable bonds is 5. The molecule has 0 saturated carbocycles. The summed E-state index contributed by atoms with van der Waals surface area (Å²) in [6.07, 6.45) is 0. The van der Waals surface area contributed by atoms with Crippen molar-refractivity contribution in [2.75, 3.05) is 7.05 Å². The van der Waals surface area contributed by atoms with Gasteiger partial charge in [0.25, 0.3) is 5.91 Å². The standard InChI is InChI=1S/C17H19NO4S/c1-12(2)14-5-4-6-15(11-14)22-23(20,21)16-9-7-13(8-10-16)17(19)18-3/h4-12H,1-3H3,(H,18,19). The fourth-order valence-electron chi connectivity index (χ4n) is 2.02. The Hall–Kier alpha value is -2.34. The highest BCUT2D eigenvalue weighted by Crippen LogP contribution is 2.23. The van der Waals surface area contributed by atoms with Crippen LogP contribution in [0, 0.1) is 0 Å². The first-order chi connectivity index (χ1) is 10.8. The fourth-order valence-corrected chi connectivity index (χ4v) is 2.94. The summed E-state index contributed by atoms with van der Waals surface area (Å²) in [4.78, 5) is 11.5. The van der Waals surface area contributed by atoms with Gasteiger partial charge in [-0.25, -0.2) is 0 Å². The van der Waals surface area contributed by atoms with E-state index < -0.39 is 10.1 Å². The Bertz CT molecular complexity index is 796. The molecule has 0 aliphatic carbocycles. The van der Waals surface area contributed by atoms with Crippen molar-refractivity contribution in [2.24, 2.45) is 0 Å². The summed E-state index contributed by atoms with van der Waals surface area (Å²) in [7, 11) is -2.42. The molecule has 1 N–H and O–H groups in total. The van der Waals surface area contributed by atoms with E-state index in [0.29, 0.717) is 5.56 Å². The number of amides is 1. The quantitative estimate of drug-likeness (QED) is 0.854. The van der Waals surface area contributed by atoms with Crippen LogP contribution in [0.4, 0.5) is 0 Å². The van der Waals surface area contributed by atoms with E-state index in [0.717, 1.165) is 5.56 Å². The third kappa shape index (κ3) is 4.10. The van der Waals surface area contributed by atoms with E-state index >= 15 is 0 Å². The third-order valence-electron chi connectivity index (χ3n) is 3.36. The summed E-state index contributed by atoms with van der Waals surface area (Å²) in [6.45, 7) is 4.04. The van der Waals surface area contributed by atoms with Crippen molar-refractivity contribution in [2.45, 2.75) is 24.7 Å². The molecule has 0 saturated heterocycles. The Labute approximate surface area is 136 Å². The molecule has 23 heavy (non-hydrogen) atoms. The first-order valence-corrected chi connectivity index (χ1v) is 8.61. The van der Waals surface area contributed by atoms with Gasteiger partial charge in [-0.15, -0.1) is 0 Å². The van der Waals surface area contributed by atoms with E-state index in [1.807, 2.05) is 19.9 Å². The lowest BCUT2D eigenvalue weighted by molar-refractivity contribution is 0.0963. The van der Waals surface area contributed by atoms with Gasteiger partial charge in [-0.2, -0.15) is 8.42 Å². The number of carbonyl (C=O) groups is 1. The van der Waals surface area contributed by atoms with Crippen LogP contribution >= 0.6 is 0 Å². The number of hydrogen-bond acceptors (Lipinski definition) is 4. The maximum atomic E-state index is 12.3. The average molecular weight is 333 g/mol. The Morgan fingerprint density at radius 1 is 1.09 bits per heavy atom. The van der Waals surface area contributed by atoms with E-state index in [-0.39, 0.29) is 22.5 Å². The van der Waals surface area contributed by atoms with E-state index in [2.05, 4.69) is 5.32 Å². The normalized spacial score (nSPS) is 11.3. The van der Waals surface area contributed by atoms with Crippen LogP contribution in [-0.4, -0.2) is 21.4 Å². The number of nitrogens with one attached hydrogen (secondary N) is 1. The maximum Gasteiger partial charge on any atom is 0.339 e. The van der Waals surface area contributed by atoms with Crippen LogP contribution in [0.1, 0.15) is 35.7 Å². The van der Waals surface area contributed by atoms with E-state index in [1.165, 1.54) is 31.3 Å². The highest BCUT2D eigenvalue weighted by Gasteiger charge is 2.17. The molecule has 2 aromatic rings. The first kappa shape index (κ1) is 17.0. The summed E-state index contributed by atoms with van der Waals surface area (Å²) in [6, 6.07) is 12.6. The molecule has 2 aromatic carbocycles. The monoisotopic (exact) mass is 333 g/mol.